The molecule has 1 N–H and O–H groups in total. The quantitative estimate of drug-likeness (QED) is 0.541. The maximum Gasteiger partial charge on any atom is 0.328 e. The molecule has 7 heteroatoms. The number of H-pyrrole nitrogens is 1. The van der Waals surface area contributed by atoms with E-state index in [0.717, 1.165) is 11.0 Å². The van der Waals surface area contributed by atoms with Crippen molar-refractivity contribution in [1.29, 1.82) is 0 Å². The van der Waals surface area contributed by atoms with E-state index in [2.05, 4.69) is 4.98 Å². The third kappa shape index (κ3) is 6.39. The lowest BCUT2D eigenvalue weighted by molar-refractivity contribution is -0.144. The highest BCUT2D eigenvalue weighted by Gasteiger charge is 2.07. The van der Waals surface area contributed by atoms with Gasteiger partial charge in [0.15, 0.2) is 0 Å². The molecule has 0 bridgehead atoms. The molecule has 0 aliphatic heterocycles. The SMILES string of the molecule is Cc1cn(CC(=O)OCCCOCCc2ccccc2)c(=O)[nH]c1=O. The molecule has 7 nitrogen and oxygen atoms in total. The zero-order valence-electron chi connectivity index (χ0n) is 14.2. The Hall–Kier alpha value is -2.67. The molecular weight excluding hydrogens is 324 g/mol. The summed E-state index contributed by atoms with van der Waals surface area (Å²) in [5.74, 6) is -0.530. The summed E-state index contributed by atoms with van der Waals surface area (Å²) >= 11 is 0. The molecule has 0 radical (unpaired) electrons. The lowest BCUT2D eigenvalue weighted by Crippen LogP contribution is -2.33. The zero-order chi connectivity index (χ0) is 18.1. The van der Waals surface area contributed by atoms with E-state index in [1.807, 2.05) is 30.3 Å². The molecule has 0 saturated heterocycles. The van der Waals surface area contributed by atoms with Gasteiger partial charge in [0, 0.05) is 24.8 Å². The Bertz CT molecular complexity index is 795. The maximum atomic E-state index is 11.7. The van der Waals surface area contributed by atoms with Crippen LogP contribution in [-0.2, 0) is 27.2 Å². The van der Waals surface area contributed by atoms with Crippen molar-refractivity contribution in [2.45, 2.75) is 26.3 Å². The highest BCUT2D eigenvalue weighted by atomic mass is 16.5. The van der Waals surface area contributed by atoms with Crippen molar-refractivity contribution in [3.8, 4) is 0 Å². The van der Waals surface area contributed by atoms with Crippen molar-refractivity contribution >= 4 is 5.97 Å². The molecule has 0 unspecified atom stereocenters. The summed E-state index contributed by atoms with van der Waals surface area (Å²) in [5, 5.41) is 0. The number of benzene rings is 1. The molecule has 2 aromatic rings. The molecule has 0 aliphatic rings. The van der Waals surface area contributed by atoms with Gasteiger partial charge in [0.25, 0.3) is 5.56 Å². The van der Waals surface area contributed by atoms with Crippen LogP contribution in [0.4, 0.5) is 0 Å². The number of aromatic amines is 1. The van der Waals surface area contributed by atoms with E-state index >= 15 is 0 Å². The van der Waals surface area contributed by atoms with Gasteiger partial charge in [0.1, 0.15) is 6.54 Å². The average Bonchev–Trinajstić information content (AvgIpc) is 2.60. The topological polar surface area (TPSA) is 90.4 Å². The van der Waals surface area contributed by atoms with Crippen LogP contribution in [0.5, 0.6) is 0 Å². The van der Waals surface area contributed by atoms with Crippen LogP contribution in [0.2, 0.25) is 0 Å². The lowest BCUT2D eigenvalue weighted by Gasteiger charge is -2.08. The number of ether oxygens (including phenoxy) is 2. The van der Waals surface area contributed by atoms with Crippen molar-refractivity contribution in [3.05, 3.63) is 68.5 Å². The fourth-order valence-electron chi connectivity index (χ4n) is 2.20. The molecule has 1 aromatic heterocycles. The van der Waals surface area contributed by atoms with Crippen LogP contribution in [0.15, 0.2) is 46.1 Å². The predicted molar refractivity (Wildman–Crippen MR) is 92.6 cm³/mol. The second-order valence-corrected chi connectivity index (χ2v) is 5.62. The Kier molecular flexibility index (Phi) is 7.16. The lowest BCUT2D eigenvalue weighted by atomic mass is 10.2. The molecule has 0 atom stereocenters. The fourth-order valence-corrected chi connectivity index (χ4v) is 2.20. The second kappa shape index (κ2) is 9.58. The average molecular weight is 346 g/mol. The smallest absolute Gasteiger partial charge is 0.328 e. The van der Waals surface area contributed by atoms with Crippen molar-refractivity contribution < 1.29 is 14.3 Å². The summed E-state index contributed by atoms with van der Waals surface area (Å²) < 4.78 is 11.7. The van der Waals surface area contributed by atoms with Crippen LogP contribution in [0.1, 0.15) is 17.5 Å². The second-order valence-electron chi connectivity index (χ2n) is 5.62. The van der Waals surface area contributed by atoms with Crippen LogP contribution < -0.4 is 11.2 Å². The van der Waals surface area contributed by atoms with E-state index in [0.29, 0.717) is 25.2 Å². The monoisotopic (exact) mass is 346 g/mol. The molecule has 0 aliphatic carbocycles. The molecule has 2 rings (SSSR count). The van der Waals surface area contributed by atoms with E-state index in [9.17, 15) is 14.4 Å². The number of carbonyl (C=O) groups excluding carboxylic acids is 1. The number of nitrogens with zero attached hydrogens (tertiary/aromatic N) is 1. The van der Waals surface area contributed by atoms with Crippen molar-refractivity contribution in [2.75, 3.05) is 19.8 Å². The molecule has 25 heavy (non-hydrogen) atoms. The number of rotatable bonds is 9. The van der Waals surface area contributed by atoms with E-state index in [1.54, 1.807) is 6.92 Å². The molecule has 0 spiro atoms. The number of aromatic nitrogens is 2. The third-order valence-corrected chi connectivity index (χ3v) is 3.56. The number of carbonyl (C=O) groups is 1. The molecule has 0 saturated carbocycles. The predicted octanol–water partition coefficient (Wildman–Crippen LogP) is 1.04. The normalized spacial score (nSPS) is 10.6. The fraction of sp³-hybridized carbons (Fsp3) is 0.389. The summed E-state index contributed by atoms with van der Waals surface area (Å²) in [6.07, 6.45) is 2.77. The van der Waals surface area contributed by atoms with Gasteiger partial charge in [-0.3, -0.25) is 19.1 Å². The minimum Gasteiger partial charge on any atom is -0.464 e. The number of nitrogens with one attached hydrogen (secondary N) is 1. The largest absolute Gasteiger partial charge is 0.464 e. The first kappa shape index (κ1) is 18.7. The number of hydrogen-bond donors (Lipinski definition) is 1. The van der Waals surface area contributed by atoms with E-state index in [1.165, 1.54) is 11.8 Å². The Morgan fingerprint density at radius 2 is 1.88 bits per heavy atom. The van der Waals surface area contributed by atoms with E-state index in [-0.39, 0.29) is 13.2 Å². The first-order chi connectivity index (χ1) is 12.1. The van der Waals surface area contributed by atoms with Crippen LogP contribution >= 0.6 is 0 Å². The number of aryl methyl sites for hydroxylation is 1. The standard InChI is InChI=1S/C18H22N2O5/c1-14-12-20(18(23)19-17(14)22)13-16(21)25-10-5-9-24-11-8-15-6-3-2-4-7-15/h2-4,6-7,12H,5,8-11,13H2,1H3,(H,19,22,23). The van der Waals surface area contributed by atoms with Gasteiger partial charge in [0.05, 0.1) is 13.2 Å². The van der Waals surface area contributed by atoms with Gasteiger partial charge in [-0.05, 0) is 18.9 Å². The van der Waals surface area contributed by atoms with Crippen molar-refractivity contribution in [2.24, 2.45) is 0 Å². The van der Waals surface area contributed by atoms with Crippen LogP contribution in [0.3, 0.4) is 0 Å². The van der Waals surface area contributed by atoms with Gasteiger partial charge in [-0.25, -0.2) is 4.79 Å². The summed E-state index contributed by atoms with van der Waals surface area (Å²) in [6, 6.07) is 10.0. The summed E-state index contributed by atoms with van der Waals surface area (Å²) in [4.78, 5) is 36.7. The summed E-state index contributed by atoms with van der Waals surface area (Å²) in [6.45, 7) is 2.67. The molecular formula is C18H22N2O5. The molecule has 1 aromatic carbocycles. The van der Waals surface area contributed by atoms with Gasteiger partial charge in [0.2, 0.25) is 0 Å². The minimum atomic E-state index is -0.628. The van der Waals surface area contributed by atoms with Crippen LogP contribution in [0.25, 0.3) is 0 Å². The molecule has 0 amide bonds. The third-order valence-electron chi connectivity index (χ3n) is 3.56. The first-order valence-corrected chi connectivity index (χ1v) is 8.14. The minimum absolute atomic E-state index is 0.223. The first-order valence-electron chi connectivity index (χ1n) is 8.14. The van der Waals surface area contributed by atoms with Gasteiger partial charge in [-0.15, -0.1) is 0 Å². The van der Waals surface area contributed by atoms with Gasteiger partial charge in [-0.1, -0.05) is 30.3 Å². The Labute approximate surface area is 145 Å². The number of esters is 1. The maximum absolute atomic E-state index is 11.7. The Morgan fingerprint density at radius 3 is 2.64 bits per heavy atom. The highest BCUT2D eigenvalue weighted by Crippen LogP contribution is 1.99. The molecule has 134 valence electrons. The van der Waals surface area contributed by atoms with Crippen LogP contribution in [0, 0.1) is 6.92 Å². The number of hydrogen-bond acceptors (Lipinski definition) is 5. The summed E-state index contributed by atoms with van der Waals surface area (Å²) in [7, 11) is 0. The highest BCUT2D eigenvalue weighted by molar-refractivity contribution is 5.69. The zero-order valence-corrected chi connectivity index (χ0v) is 14.2. The molecule has 1 heterocycles. The van der Waals surface area contributed by atoms with Gasteiger partial charge >= 0.3 is 11.7 Å². The van der Waals surface area contributed by atoms with Gasteiger partial charge in [-0.2, -0.15) is 0 Å². The summed E-state index contributed by atoms with van der Waals surface area (Å²) in [5.41, 5.74) is 0.494. The van der Waals surface area contributed by atoms with Crippen molar-refractivity contribution in [1.82, 2.24) is 9.55 Å². The van der Waals surface area contributed by atoms with Crippen LogP contribution in [-0.4, -0.2) is 35.3 Å². The van der Waals surface area contributed by atoms with Crippen molar-refractivity contribution in [3.63, 3.8) is 0 Å². The Balaban J connectivity index is 1.60. The van der Waals surface area contributed by atoms with E-state index < -0.39 is 17.2 Å². The van der Waals surface area contributed by atoms with E-state index in [4.69, 9.17) is 9.47 Å². The molecule has 0 fully saturated rings. The Morgan fingerprint density at radius 1 is 1.12 bits per heavy atom. The van der Waals surface area contributed by atoms with Gasteiger partial charge < -0.3 is 9.47 Å².